The van der Waals surface area contributed by atoms with Crippen molar-refractivity contribution in [1.29, 1.82) is 0 Å². The SMILES string of the molecule is ClC(Cl)(Cl)C(c1[c]cccc1)(C(Cl)(Cl)Cl)C(Cl)(Cl)Cl. The van der Waals surface area contributed by atoms with Gasteiger partial charge < -0.3 is 0 Å². The van der Waals surface area contributed by atoms with Crippen molar-refractivity contribution in [2.45, 2.75) is 16.8 Å². The Morgan fingerprint density at radius 2 is 1.11 bits per heavy atom. The predicted octanol–water partition coefficient (Wildman–Crippen LogP) is 6.84. The molecular weight excluding hydrogens is 439 g/mol. The Balaban J connectivity index is 3.76. The number of hydrogen-bond acceptors (Lipinski definition) is 0. The topological polar surface area (TPSA) is 0 Å². The zero-order chi connectivity index (χ0) is 15.1. The van der Waals surface area contributed by atoms with Gasteiger partial charge >= 0.3 is 0 Å². The number of hydrogen-bond donors (Lipinski definition) is 0. The molecule has 0 aliphatic rings. The summed E-state index contributed by atoms with van der Waals surface area (Å²) in [6.07, 6.45) is 0. The summed E-state index contributed by atoms with van der Waals surface area (Å²) < 4.78 is -6.66. The summed E-state index contributed by atoms with van der Waals surface area (Å²) in [5.41, 5.74) is -1.91. The molecule has 19 heavy (non-hydrogen) atoms. The van der Waals surface area contributed by atoms with Crippen molar-refractivity contribution in [3.05, 3.63) is 35.9 Å². The molecule has 0 aliphatic heterocycles. The largest absolute Gasteiger partial charge is 0.208 e. The molecule has 0 aromatic heterocycles. The van der Waals surface area contributed by atoms with E-state index in [-0.39, 0.29) is 5.56 Å². The molecule has 0 saturated heterocycles. The van der Waals surface area contributed by atoms with Crippen LogP contribution in [0.15, 0.2) is 24.3 Å². The van der Waals surface area contributed by atoms with Crippen molar-refractivity contribution in [3.8, 4) is 0 Å². The van der Waals surface area contributed by atoms with Crippen molar-refractivity contribution in [2.24, 2.45) is 0 Å². The third kappa shape index (κ3) is 3.44. The summed E-state index contributed by atoms with van der Waals surface area (Å²) in [7, 11) is 0. The van der Waals surface area contributed by atoms with Gasteiger partial charge in [0.2, 0.25) is 11.4 Å². The molecule has 0 saturated carbocycles. The van der Waals surface area contributed by atoms with E-state index >= 15 is 0 Å². The number of halogens is 9. The van der Waals surface area contributed by atoms with E-state index in [1.165, 1.54) is 12.1 Å². The van der Waals surface area contributed by atoms with E-state index in [1.807, 2.05) is 0 Å². The third-order valence-corrected chi connectivity index (χ3v) is 4.94. The van der Waals surface area contributed by atoms with E-state index in [0.29, 0.717) is 0 Å². The molecule has 9 heteroatoms. The van der Waals surface area contributed by atoms with Crippen LogP contribution in [-0.2, 0) is 5.41 Å². The monoisotopic (exact) mass is 439 g/mol. The lowest BCUT2D eigenvalue weighted by molar-refractivity contribution is 0.449. The Hall–Kier alpha value is 1.83. The van der Waals surface area contributed by atoms with Gasteiger partial charge in [-0.05, 0) is 11.6 Å². The summed E-state index contributed by atoms with van der Waals surface area (Å²) in [6, 6.07) is 9.07. The normalized spacial score (nSPS) is 14.6. The molecule has 0 bridgehead atoms. The number of benzene rings is 1. The predicted molar refractivity (Wildman–Crippen MR) is 87.8 cm³/mol. The first-order valence-electron chi connectivity index (χ1n) is 4.53. The summed E-state index contributed by atoms with van der Waals surface area (Å²) in [4.78, 5) is 0. The Kier molecular flexibility index (Phi) is 6.10. The second kappa shape index (κ2) is 6.14. The van der Waals surface area contributed by atoms with E-state index in [2.05, 4.69) is 6.07 Å². The van der Waals surface area contributed by atoms with Crippen LogP contribution in [0.25, 0.3) is 0 Å². The van der Waals surface area contributed by atoms with E-state index in [1.54, 1.807) is 12.1 Å². The quantitative estimate of drug-likeness (QED) is 0.417. The lowest BCUT2D eigenvalue weighted by atomic mass is 9.84. The van der Waals surface area contributed by atoms with Crippen LogP contribution in [0, 0.1) is 6.07 Å². The molecule has 1 rings (SSSR count). The molecule has 1 aromatic carbocycles. The van der Waals surface area contributed by atoms with Gasteiger partial charge in [-0.3, -0.25) is 0 Å². The maximum atomic E-state index is 5.96. The minimum absolute atomic E-state index is 0.148. The molecule has 0 unspecified atom stereocenters. The molecule has 1 aromatic rings. The fourth-order valence-electron chi connectivity index (χ4n) is 1.57. The van der Waals surface area contributed by atoms with Crippen molar-refractivity contribution in [3.63, 3.8) is 0 Å². The highest BCUT2D eigenvalue weighted by Gasteiger charge is 2.71. The average Bonchev–Trinajstić information content (AvgIpc) is 2.12. The molecule has 1 radical (unpaired) electrons. The molecule has 0 atom stereocenters. The van der Waals surface area contributed by atoms with Crippen LogP contribution in [0.4, 0.5) is 0 Å². The van der Waals surface area contributed by atoms with Gasteiger partial charge in [-0.2, -0.15) is 0 Å². The molecule has 0 nitrogen and oxygen atoms in total. The van der Waals surface area contributed by atoms with Gasteiger partial charge in [0.15, 0.2) is 0 Å². The third-order valence-electron chi connectivity index (χ3n) is 2.39. The number of rotatable bonds is 1. The van der Waals surface area contributed by atoms with Crippen molar-refractivity contribution >= 4 is 104 Å². The molecule has 0 fully saturated rings. The minimum Gasteiger partial charge on any atom is -0.0823 e. The van der Waals surface area contributed by atoms with Gasteiger partial charge in [0.25, 0.3) is 0 Å². The van der Waals surface area contributed by atoms with E-state index in [9.17, 15) is 0 Å². The van der Waals surface area contributed by atoms with Gasteiger partial charge in [-0.1, -0.05) is 129 Å². The van der Waals surface area contributed by atoms with Crippen LogP contribution >= 0.6 is 104 Å². The Bertz CT molecular complexity index is 387. The molecule has 107 valence electrons. The second-order valence-electron chi connectivity index (χ2n) is 3.52. The Labute approximate surface area is 156 Å². The van der Waals surface area contributed by atoms with Crippen LogP contribution < -0.4 is 0 Å². The lowest BCUT2D eigenvalue weighted by Crippen LogP contribution is -2.59. The summed E-state index contributed by atoms with van der Waals surface area (Å²) in [6.45, 7) is 0. The maximum absolute atomic E-state index is 5.96. The highest BCUT2D eigenvalue weighted by Crippen LogP contribution is 2.67. The lowest BCUT2D eigenvalue weighted by Gasteiger charge is -2.48. The Morgan fingerprint density at radius 3 is 1.37 bits per heavy atom. The standard InChI is InChI=1S/C10H4Cl9/c11-8(12,13)7(9(14,15)16,10(17,18)19)6-4-2-1-3-5-6/h1-4H. The van der Waals surface area contributed by atoms with E-state index in [0.717, 1.165) is 0 Å². The van der Waals surface area contributed by atoms with Crippen LogP contribution in [0.5, 0.6) is 0 Å². The fraction of sp³-hybridized carbons (Fsp3) is 0.400. The van der Waals surface area contributed by atoms with E-state index in [4.69, 9.17) is 104 Å². The van der Waals surface area contributed by atoms with Crippen LogP contribution in [-0.4, -0.2) is 11.4 Å². The summed E-state index contributed by atoms with van der Waals surface area (Å²) in [5, 5.41) is 0. The van der Waals surface area contributed by atoms with Gasteiger partial charge in [-0.15, -0.1) is 0 Å². The maximum Gasteiger partial charge on any atom is 0.208 e. The molecule has 0 spiro atoms. The van der Waals surface area contributed by atoms with Crippen LogP contribution in [0.3, 0.4) is 0 Å². The van der Waals surface area contributed by atoms with E-state index < -0.39 is 16.8 Å². The fourth-order valence-corrected chi connectivity index (χ4v) is 6.34. The zero-order valence-electron chi connectivity index (χ0n) is 8.71. The second-order valence-corrected chi connectivity index (χ2v) is 10.4. The summed E-state index contributed by atoms with van der Waals surface area (Å²) in [5.74, 6) is 0. The molecule has 0 aliphatic carbocycles. The highest BCUT2D eigenvalue weighted by molar-refractivity contribution is 6.78. The van der Waals surface area contributed by atoms with Gasteiger partial charge in [0.1, 0.15) is 5.41 Å². The first kappa shape index (κ1) is 18.9. The first-order valence-corrected chi connectivity index (χ1v) is 7.93. The van der Waals surface area contributed by atoms with Gasteiger partial charge in [0, 0.05) is 0 Å². The highest BCUT2D eigenvalue weighted by atomic mass is 35.6. The molecule has 0 N–H and O–H groups in total. The van der Waals surface area contributed by atoms with Crippen LogP contribution in [0.2, 0.25) is 0 Å². The smallest absolute Gasteiger partial charge is 0.0823 e. The molecule has 0 amide bonds. The minimum atomic E-state index is -2.22. The zero-order valence-corrected chi connectivity index (χ0v) is 15.5. The molecule has 0 heterocycles. The van der Waals surface area contributed by atoms with Crippen molar-refractivity contribution in [1.82, 2.24) is 0 Å². The number of alkyl halides is 9. The molecular formula is C10H4Cl9. The van der Waals surface area contributed by atoms with Gasteiger partial charge in [-0.25, -0.2) is 0 Å². The first-order chi connectivity index (χ1) is 8.36. The van der Waals surface area contributed by atoms with Crippen molar-refractivity contribution < 1.29 is 0 Å². The Morgan fingerprint density at radius 1 is 0.684 bits per heavy atom. The average molecular weight is 443 g/mol. The van der Waals surface area contributed by atoms with Gasteiger partial charge in [0.05, 0.1) is 0 Å². The van der Waals surface area contributed by atoms with Crippen LogP contribution in [0.1, 0.15) is 5.56 Å². The summed E-state index contributed by atoms with van der Waals surface area (Å²) >= 11 is 53.7. The van der Waals surface area contributed by atoms with Crippen molar-refractivity contribution in [2.75, 3.05) is 0 Å².